The maximum Gasteiger partial charge on any atom is 0.321 e. The average Bonchev–Trinajstić information content (AvgIpc) is 1.83. The van der Waals surface area contributed by atoms with Gasteiger partial charge in [0, 0.05) is 8.86 Å². The lowest BCUT2D eigenvalue weighted by molar-refractivity contribution is -0.139. The van der Waals surface area contributed by atoms with E-state index in [2.05, 4.69) is 12.6 Å². The van der Waals surface area contributed by atoms with Gasteiger partial charge in [-0.15, -0.1) is 0 Å². The molecular formula is C5H11NO2S. The quantitative estimate of drug-likeness (QED) is 0.492. The maximum atomic E-state index is 10.4. The number of carboxylic acid groups (broad SMARTS) is 1. The SMILES string of the molecule is [2H]C([2H])([2H])[C@](C)(S)[C@@H](N)C(=O)O. The summed E-state index contributed by atoms with van der Waals surface area (Å²) in [6.07, 6.45) is 0. The average molecular weight is 152 g/mol. The van der Waals surface area contributed by atoms with Crippen LogP contribution in [-0.2, 0) is 4.79 Å². The van der Waals surface area contributed by atoms with Crippen molar-refractivity contribution in [2.24, 2.45) is 5.73 Å². The standard InChI is InChI=1S/C5H11NO2S/c1-5(2,9)3(6)4(7)8/h3,9H,6H2,1-2H3,(H,7,8)/t3-/m0/s1/i1D3/t3-,5+. The minimum absolute atomic E-state index is 1.18. The first-order valence-corrected chi connectivity index (χ1v) is 2.76. The number of carbonyl (C=O) groups is 1. The maximum absolute atomic E-state index is 10.4. The number of carboxylic acids is 1. The summed E-state index contributed by atoms with van der Waals surface area (Å²) in [6.45, 7) is -1.31. The summed E-state index contributed by atoms with van der Waals surface area (Å²) in [5.41, 5.74) is 5.14. The van der Waals surface area contributed by atoms with Crippen LogP contribution in [0, 0.1) is 0 Å². The van der Waals surface area contributed by atoms with Crippen LogP contribution < -0.4 is 5.73 Å². The van der Waals surface area contributed by atoms with Gasteiger partial charge >= 0.3 is 5.97 Å². The second-order valence-electron chi connectivity index (χ2n) is 1.96. The smallest absolute Gasteiger partial charge is 0.321 e. The minimum Gasteiger partial charge on any atom is -0.480 e. The molecule has 0 aromatic heterocycles. The third kappa shape index (κ3) is 2.72. The Bertz CT molecular complexity index is 192. The lowest BCUT2D eigenvalue weighted by Crippen LogP contribution is -2.45. The number of thiol groups is 1. The van der Waals surface area contributed by atoms with E-state index in [1.807, 2.05) is 0 Å². The van der Waals surface area contributed by atoms with Gasteiger partial charge in [-0.05, 0) is 13.8 Å². The van der Waals surface area contributed by atoms with Crippen LogP contribution in [0.1, 0.15) is 17.9 Å². The fraction of sp³-hybridized carbons (Fsp3) is 0.800. The molecule has 2 atom stereocenters. The molecule has 0 heterocycles. The highest BCUT2D eigenvalue weighted by Gasteiger charge is 2.27. The Balaban J connectivity index is 4.73. The fourth-order valence-corrected chi connectivity index (χ4v) is 0.351. The molecule has 0 aliphatic carbocycles. The van der Waals surface area contributed by atoms with E-state index in [4.69, 9.17) is 15.0 Å². The molecule has 0 amide bonds. The predicted octanol–water partition coefficient (Wildman–Crippen LogP) is 0.107. The normalized spacial score (nSPS) is 26.8. The van der Waals surface area contributed by atoms with E-state index in [0.717, 1.165) is 0 Å². The molecule has 0 saturated heterocycles. The van der Waals surface area contributed by atoms with Crippen molar-refractivity contribution in [2.75, 3.05) is 0 Å². The highest BCUT2D eigenvalue weighted by molar-refractivity contribution is 7.81. The molecular weight excluding hydrogens is 138 g/mol. The van der Waals surface area contributed by atoms with E-state index >= 15 is 0 Å². The summed E-state index contributed by atoms with van der Waals surface area (Å²) in [4.78, 5) is 10.4. The predicted molar refractivity (Wildman–Crippen MR) is 38.7 cm³/mol. The van der Waals surface area contributed by atoms with Crippen molar-refractivity contribution in [3.63, 3.8) is 0 Å². The largest absolute Gasteiger partial charge is 0.480 e. The van der Waals surface area contributed by atoms with Gasteiger partial charge in [0.1, 0.15) is 6.04 Å². The van der Waals surface area contributed by atoms with Crippen molar-refractivity contribution < 1.29 is 14.0 Å². The Kier molecular flexibility index (Phi) is 1.31. The van der Waals surface area contributed by atoms with E-state index in [9.17, 15) is 4.79 Å². The molecule has 0 aliphatic rings. The van der Waals surface area contributed by atoms with Gasteiger partial charge in [-0.2, -0.15) is 12.6 Å². The molecule has 0 radical (unpaired) electrons. The summed E-state index contributed by atoms with van der Waals surface area (Å²) < 4.78 is 19.2. The van der Waals surface area contributed by atoms with Gasteiger partial charge < -0.3 is 10.8 Å². The molecule has 0 rings (SSSR count). The molecule has 0 aromatic rings. The van der Waals surface area contributed by atoms with E-state index in [1.54, 1.807) is 0 Å². The van der Waals surface area contributed by atoms with Crippen molar-refractivity contribution in [1.82, 2.24) is 0 Å². The Morgan fingerprint density at radius 2 is 2.56 bits per heavy atom. The Hall–Kier alpha value is -0.220. The van der Waals surface area contributed by atoms with Crippen LogP contribution in [0.3, 0.4) is 0 Å². The summed E-state index contributed by atoms with van der Waals surface area (Å²) in [5.74, 6) is -1.37. The number of aliphatic carboxylic acids is 1. The summed E-state index contributed by atoms with van der Waals surface area (Å²) in [6, 6.07) is -1.51. The molecule has 0 aliphatic heterocycles. The minimum atomic E-state index is -2.49. The summed E-state index contributed by atoms with van der Waals surface area (Å²) in [7, 11) is 0. The first-order valence-electron chi connectivity index (χ1n) is 3.81. The van der Waals surface area contributed by atoms with Crippen LogP contribution in [0.5, 0.6) is 0 Å². The Morgan fingerprint density at radius 1 is 2.11 bits per heavy atom. The molecule has 0 aromatic carbocycles. The zero-order valence-corrected chi connectivity index (χ0v) is 5.85. The Labute approximate surface area is 63.9 Å². The van der Waals surface area contributed by atoms with E-state index in [-0.39, 0.29) is 0 Å². The second kappa shape index (κ2) is 2.58. The summed E-state index contributed by atoms with van der Waals surface area (Å²) >= 11 is 3.73. The van der Waals surface area contributed by atoms with Gasteiger partial charge in [0.2, 0.25) is 0 Å². The van der Waals surface area contributed by atoms with Crippen LogP contribution in [0.2, 0.25) is 0 Å². The molecule has 0 unspecified atom stereocenters. The molecule has 0 fully saturated rings. The second-order valence-corrected chi connectivity index (χ2v) is 2.89. The lowest BCUT2D eigenvalue weighted by Gasteiger charge is -2.21. The van der Waals surface area contributed by atoms with Crippen molar-refractivity contribution in [3.05, 3.63) is 0 Å². The number of nitrogens with two attached hydrogens (primary N) is 1. The van der Waals surface area contributed by atoms with Crippen molar-refractivity contribution in [2.45, 2.75) is 24.6 Å². The molecule has 0 spiro atoms. The van der Waals surface area contributed by atoms with E-state index in [0.29, 0.717) is 0 Å². The number of hydrogen-bond acceptors (Lipinski definition) is 3. The van der Waals surface area contributed by atoms with Crippen LogP contribution in [0.25, 0.3) is 0 Å². The van der Waals surface area contributed by atoms with Gasteiger partial charge in [0.05, 0.1) is 0 Å². The van der Waals surface area contributed by atoms with Crippen LogP contribution >= 0.6 is 12.6 Å². The third-order valence-electron chi connectivity index (χ3n) is 0.872. The summed E-state index contributed by atoms with van der Waals surface area (Å²) in [5, 5.41) is 8.46. The topological polar surface area (TPSA) is 63.3 Å². The van der Waals surface area contributed by atoms with Gasteiger partial charge in [-0.3, -0.25) is 4.79 Å². The first-order chi connectivity index (χ1) is 5.10. The molecule has 0 saturated carbocycles. The van der Waals surface area contributed by atoms with E-state index < -0.39 is 23.6 Å². The number of rotatable bonds is 2. The van der Waals surface area contributed by atoms with Gasteiger partial charge in [0.25, 0.3) is 0 Å². The van der Waals surface area contributed by atoms with Crippen molar-refractivity contribution >= 4 is 18.6 Å². The molecule has 3 nitrogen and oxygen atoms in total. The monoisotopic (exact) mass is 152 g/mol. The molecule has 0 bridgehead atoms. The highest BCUT2D eigenvalue weighted by Crippen LogP contribution is 2.15. The first kappa shape index (κ1) is 4.57. The molecule has 3 N–H and O–H groups in total. The zero-order chi connectivity index (χ0) is 10.2. The molecule has 4 heteroatoms. The Morgan fingerprint density at radius 3 is 2.67 bits per heavy atom. The number of hydrogen-bond donors (Lipinski definition) is 3. The fourth-order valence-electron chi connectivity index (χ4n) is 0.240. The van der Waals surface area contributed by atoms with Crippen molar-refractivity contribution in [1.29, 1.82) is 0 Å². The molecule has 9 heavy (non-hydrogen) atoms. The van der Waals surface area contributed by atoms with Crippen LogP contribution in [-0.4, -0.2) is 21.9 Å². The van der Waals surface area contributed by atoms with Crippen molar-refractivity contribution in [3.8, 4) is 0 Å². The lowest BCUT2D eigenvalue weighted by atomic mass is 10.1. The molecule has 54 valence electrons. The van der Waals surface area contributed by atoms with Crippen LogP contribution in [0.15, 0.2) is 0 Å². The third-order valence-corrected chi connectivity index (χ3v) is 1.15. The van der Waals surface area contributed by atoms with Crippen LogP contribution in [0.4, 0.5) is 0 Å². The van der Waals surface area contributed by atoms with Gasteiger partial charge in [-0.25, -0.2) is 0 Å². The van der Waals surface area contributed by atoms with E-state index in [1.165, 1.54) is 6.92 Å². The van der Waals surface area contributed by atoms with Gasteiger partial charge in [-0.1, -0.05) is 0 Å². The highest BCUT2D eigenvalue weighted by atomic mass is 32.1. The van der Waals surface area contributed by atoms with Gasteiger partial charge in [0.15, 0.2) is 0 Å². The zero-order valence-electron chi connectivity index (χ0n) is 7.96.